The first-order chi connectivity index (χ1) is 12.8. The predicted molar refractivity (Wildman–Crippen MR) is 98.8 cm³/mol. The van der Waals surface area contributed by atoms with Gasteiger partial charge in [0.25, 0.3) is 0 Å². The maximum Gasteiger partial charge on any atom is 0.315 e. The lowest BCUT2D eigenvalue weighted by atomic mass is 10.2. The number of piperazine rings is 1. The van der Waals surface area contributed by atoms with E-state index in [-0.39, 0.29) is 29.8 Å². The molecule has 2 aliphatic rings. The number of benzene rings is 1. The van der Waals surface area contributed by atoms with Crippen LogP contribution in [0.1, 0.15) is 6.42 Å². The molecule has 8 nitrogen and oxygen atoms in total. The van der Waals surface area contributed by atoms with E-state index in [1.807, 2.05) is 0 Å². The van der Waals surface area contributed by atoms with E-state index < -0.39 is 21.9 Å². The van der Waals surface area contributed by atoms with Gasteiger partial charge in [-0.1, -0.05) is 0 Å². The Labute approximate surface area is 157 Å². The van der Waals surface area contributed by atoms with Crippen LogP contribution in [0.4, 0.5) is 14.9 Å². The van der Waals surface area contributed by atoms with E-state index in [1.165, 1.54) is 12.1 Å². The van der Waals surface area contributed by atoms with Crippen molar-refractivity contribution < 1.29 is 22.4 Å². The molecule has 0 bridgehead atoms. The molecular formula is C17H23FN4O4S. The molecule has 2 fully saturated rings. The molecule has 0 radical (unpaired) electrons. The number of sulfone groups is 1. The lowest BCUT2D eigenvalue weighted by Gasteiger charge is -2.36. The predicted octanol–water partition coefficient (Wildman–Crippen LogP) is -0.0394. The summed E-state index contributed by atoms with van der Waals surface area (Å²) >= 11 is 0. The third kappa shape index (κ3) is 5.31. The van der Waals surface area contributed by atoms with Crippen molar-refractivity contribution in [1.82, 2.24) is 15.5 Å². The largest absolute Gasteiger partial charge is 0.368 e. The summed E-state index contributed by atoms with van der Waals surface area (Å²) < 4.78 is 35.8. The monoisotopic (exact) mass is 398 g/mol. The first kappa shape index (κ1) is 19.4. The molecule has 148 valence electrons. The highest BCUT2D eigenvalue weighted by Crippen LogP contribution is 2.17. The highest BCUT2D eigenvalue weighted by molar-refractivity contribution is 7.91. The lowest BCUT2D eigenvalue weighted by molar-refractivity contribution is -0.130. The zero-order chi connectivity index (χ0) is 19.4. The Kier molecular flexibility index (Phi) is 5.83. The van der Waals surface area contributed by atoms with Crippen molar-refractivity contribution in [2.24, 2.45) is 0 Å². The first-order valence-electron chi connectivity index (χ1n) is 8.85. The number of carbonyl (C=O) groups excluding carboxylic acids is 2. The number of urea groups is 1. The van der Waals surface area contributed by atoms with E-state index in [9.17, 15) is 22.4 Å². The SMILES string of the molecule is O=C(NCC(=O)N1CCN(c2ccc(F)cc2)CC1)NC1CCS(=O)(=O)C1. The van der Waals surface area contributed by atoms with E-state index >= 15 is 0 Å². The molecule has 27 heavy (non-hydrogen) atoms. The van der Waals surface area contributed by atoms with Gasteiger partial charge in [0, 0.05) is 37.9 Å². The Morgan fingerprint density at radius 3 is 2.37 bits per heavy atom. The first-order valence-corrected chi connectivity index (χ1v) is 10.7. The molecule has 1 unspecified atom stereocenters. The van der Waals surface area contributed by atoms with Crippen LogP contribution in [-0.4, -0.2) is 75.5 Å². The molecule has 1 aromatic rings. The summed E-state index contributed by atoms with van der Waals surface area (Å²) in [4.78, 5) is 27.8. The molecule has 3 amide bonds. The van der Waals surface area contributed by atoms with E-state index in [4.69, 9.17) is 0 Å². The summed E-state index contributed by atoms with van der Waals surface area (Å²) in [6, 6.07) is 5.31. The quantitative estimate of drug-likeness (QED) is 0.742. The van der Waals surface area contributed by atoms with E-state index in [2.05, 4.69) is 15.5 Å². The fourth-order valence-electron chi connectivity index (χ4n) is 3.28. The molecule has 3 rings (SSSR count). The number of rotatable bonds is 4. The highest BCUT2D eigenvalue weighted by atomic mass is 32.2. The number of amides is 3. The van der Waals surface area contributed by atoms with Gasteiger partial charge in [-0.25, -0.2) is 17.6 Å². The second-order valence-electron chi connectivity index (χ2n) is 6.77. The van der Waals surface area contributed by atoms with Crippen molar-refractivity contribution in [3.05, 3.63) is 30.1 Å². The molecule has 0 aliphatic carbocycles. The van der Waals surface area contributed by atoms with E-state index in [0.29, 0.717) is 32.6 Å². The Morgan fingerprint density at radius 2 is 1.78 bits per heavy atom. The summed E-state index contributed by atoms with van der Waals surface area (Å²) in [7, 11) is -3.06. The molecule has 0 spiro atoms. The fourth-order valence-corrected chi connectivity index (χ4v) is 4.95. The number of hydrogen-bond acceptors (Lipinski definition) is 5. The Morgan fingerprint density at radius 1 is 1.11 bits per heavy atom. The van der Waals surface area contributed by atoms with E-state index in [0.717, 1.165) is 5.69 Å². The zero-order valence-corrected chi connectivity index (χ0v) is 15.7. The molecule has 0 saturated carbocycles. The van der Waals surface area contributed by atoms with Gasteiger partial charge in [-0.2, -0.15) is 0 Å². The summed E-state index contributed by atoms with van der Waals surface area (Å²) in [6.45, 7) is 2.15. The Hall–Kier alpha value is -2.36. The van der Waals surface area contributed by atoms with Crippen molar-refractivity contribution in [2.75, 3.05) is 49.1 Å². The summed E-state index contributed by atoms with van der Waals surface area (Å²) in [6.07, 6.45) is 0.398. The third-order valence-corrected chi connectivity index (χ3v) is 6.56. The standard InChI is InChI=1S/C17H23FN4O4S/c18-13-1-3-15(4-2-13)21-6-8-22(9-7-21)16(23)11-19-17(24)20-14-5-10-27(25,26)12-14/h1-4,14H,5-12H2,(H2,19,20,24). The highest BCUT2D eigenvalue weighted by Gasteiger charge is 2.29. The topological polar surface area (TPSA) is 98.8 Å². The minimum Gasteiger partial charge on any atom is -0.368 e. The molecule has 0 aromatic heterocycles. The van der Waals surface area contributed by atoms with Crippen molar-refractivity contribution in [2.45, 2.75) is 12.5 Å². The minimum absolute atomic E-state index is 0.0558. The summed E-state index contributed by atoms with van der Waals surface area (Å²) in [5.41, 5.74) is 0.910. The second kappa shape index (κ2) is 8.12. The minimum atomic E-state index is -3.06. The number of nitrogens with zero attached hydrogens (tertiary/aromatic N) is 2. The van der Waals surface area contributed by atoms with Crippen molar-refractivity contribution >= 4 is 27.5 Å². The summed E-state index contributed by atoms with van der Waals surface area (Å²) in [5.74, 6) is -0.454. The van der Waals surface area contributed by atoms with Crippen LogP contribution >= 0.6 is 0 Å². The maximum absolute atomic E-state index is 13.0. The lowest BCUT2D eigenvalue weighted by Crippen LogP contribution is -2.52. The van der Waals surface area contributed by atoms with Crippen LogP contribution in [0, 0.1) is 5.82 Å². The van der Waals surface area contributed by atoms with Crippen LogP contribution in [0.25, 0.3) is 0 Å². The number of carbonyl (C=O) groups is 2. The average molecular weight is 398 g/mol. The van der Waals surface area contributed by atoms with Crippen LogP contribution in [-0.2, 0) is 14.6 Å². The fraction of sp³-hybridized carbons (Fsp3) is 0.529. The smallest absolute Gasteiger partial charge is 0.315 e. The van der Waals surface area contributed by atoms with Gasteiger partial charge in [-0.15, -0.1) is 0 Å². The van der Waals surface area contributed by atoms with Crippen molar-refractivity contribution in [3.8, 4) is 0 Å². The average Bonchev–Trinajstić information content (AvgIpc) is 2.99. The summed E-state index contributed by atoms with van der Waals surface area (Å²) in [5, 5.41) is 5.08. The van der Waals surface area contributed by atoms with Gasteiger partial charge < -0.3 is 20.4 Å². The molecule has 1 atom stereocenters. The van der Waals surface area contributed by atoms with Gasteiger partial charge in [-0.05, 0) is 30.7 Å². The van der Waals surface area contributed by atoms with Crippen LogP contribution in [0.2, 0.25) is 0 Å². The number of hydrogen-bond donors (Lipinski definition) is 2. The maximum atomic E-state index is 13.0. The number of halogens is 1. The van der Waals surface area contributed by atoms with Gasteiger partial charge in [0.1, 0.15) is 5.82 Å². The zero-order valence-electron chi connectivity index (χ0n) is 14.9. The Balaban J connectivity index is 1.39. The molecular weight excluding hydrogens is 375 g/mol. The molecule has 2 heterocycles. The van der Waals surface area contributed by atoms with Gasteiger partial charge in [0.2, 0.25) is 5.91 Å². The molecule has 2 N–H and O–H groups in total. The van der Waals surface area contributed by atoms with E-state index in [1.54, 1.807) is 17.0 Å². The molecule has 10 heteroatoms. The van der Waals surface area contributed by atoms with Crippen LogP contribution in [0.3, 0.4) is 0 Å². The van der Waals surface area contributed by atoms with Crippen LogP contribution in [0.15, 0.2) is 24.3 Å². The molecule has 1 aromatic carbocycles. The Bertz CT molecular complexity index is 792. The second-order valence-corrected chi connectivity index (χ2v) is 9.00. The third-order valence-electron chi connectivity index (χ3n) is 4.79. The van der Waals surface area contributed by atoms with Gasteiger partial charge >= 0.3 is 6.03 Å². The molecule has 2 saturated heterocycles. The van der Waals surface area contributed by atoms with Crippen LogP contribution in [0.5, 0.6) is 0 Å². The van der Waals surface area contributed by atoms with Crippen LogP contribution < -0.4 is 15.5 Å². The number of nitrogens with one attached hydrogen (secondary N) is 2. The van der Waals surface area contributed by atoms with Gasteiger partial charge in [0.05, 0.1) is 18.1 Å². The number of anilines is 1. The van der Waals surface area contributed by atoms with Crippen molar-refractivity contribution in [3.63, 3.8) is 0 Å². The molecule has 2 aliphatic heterocycles. The van der Waals surface area contributed by atoms with Gasteiger partial charge in [0.15, 0.2) is 9.84 Å². The van der Waals surface area contributed by atoms with Crippen molar-refractivity contribution in [1.29, 1.82) is 0 Å². The van der Waals surface area contributed by atoms with Gasteiger partial charge in [-0.3, -0.25) is 4.79 Å². The normalized spacial score (nSPS) is 21.7.